The number of ketones is 1. The molecule has 6 nitrogen and oxygen atoms in total. The van der Waals surface area contributed by atoms with E-state index < -0.39 is 5.41 Å². The van der Waals surface area contributed by atoms with E-state index in [2.05, 4.69) is 19.1 Å². The molecule has 2 N–H and O–H groups in total. The van der Waals surface area contributed by atoms with Crippen LogP contribution in [0.1, 0.15) is 89.2 Å². The number of hydrogen-bond donors (Lipinski definition) is 1. The van der Waals surface area contributed by atoms with Crippen molar-refractivity contribution in [3.63, 3.8) is 0 Å². The van der Waals surface area contributed by atoms with Crippen molar-refractivity contribution < 1.29 is 14.3 Å². The molecule has 1 aromatic rings. The Balaban J connectivity index is 1.70. The second kappa shape index (κ2) is 6.75. The van der Waals surface area contributed by atoms with Gasteiger partial charge in [0.25, 0.3) is 0 Å². The van der Waals surface area contributed by atoms with Crippen molar-refractivity contribution in [2.75, 3.05) is 4.90 Å². The highest BCUT2D eigenvalue weighted by Gasteiger charge is 2.67. The standard InChI is InChI=1S/C28H31N3O3/c1-16-12-27(10-5-4-6-11-27)31-23-17(16)8-7-9-18(23)28(25(31)33)19(15-29)24(30)34-21-14-26(2,3)13-20(32)22(21)28/h7-9,16H,4-6,10-14,30H2,1-3H3/t16-,28-/m0/s1. The molecular formula is C28H31N3O3. The minimum Gasteiger partial charge on any atom is -0.444 e. The number of para-hydroxylation sites is 1. The predicted octanol–water partition coefficient (Wildman–Crippen LogP) is 4.85. The lowest BCUT2D eigenvalue weighted by Crippen LogP contribution is -2.59. The summed E-state index contributed by atoms with van der Waals surface area (Å²) in [5.41, 5.74) is 7.41. The van der Waals surface area contributed by atoms with Crippen LogP contribution >= 0.6 is 0 Å². The number of Topliss-reactive ketones (excluding diaryl/α,β-unsaturated/α-hetero) is 1. The van der Waals surface area contributed by atoms with E-state index in [1.807, 2.05) is 30.9 Å². The maximum atomic E-state index is 14.9. The maximum absolute atomic E-state index is 14.9. The van der Waals surface area contributed by atoms with Gasteiger partial charge in [-0.25, -0.2) is 0 Å². The molecule has 0 saturated heterocycles. The number of hydrogen-bond acceptors (Lipinski definition) is 5. The van der Waals surface area contributed by atoms with Crippen molar-refractivity contribution in [3.05, 3.63) is 52.1 Å². The molecule has 2 atom stereocenters. The van der Waals surface area contributed by atoms with Gasteiger partial charge in [-0.3, -0.25) is 9.59 Å². The first-order chi connectivity index (χ1) is 16.2. The molecule has 0 radical (unpaired) electrons. The first-order valence-corrected chi connectivity index (χ1v) is 12.5. The number of fused-ring (bicyclic) bond motifs is 3. The van der Waals surface area contributed by atoms with E-state index >= 15 is 0 Å². The number of carbonyl (C=O) groups excluding carboxylic acids is 2. The molecule has 0 unspecified atom stereocenters. The van der Waals surface area contributed by atoms with Crippen LogP contribution < -0.4 is 10.6 Å². The lowest BCUT2D eigenvalue weighted by molar-refractivity contribution is -0.127. The van der Waals surface area contributed by atoms with E-state index in [0.29, 0.717) is 24.2 Å². The summed E-state index contributed by atoms with van der Waals surface area (Å²) in [7, 11) is 0. The molecule has 1 aromatic carbocycles. The van der Waals surface area contributed by atoms with Gasteiger partial charge in [-0.2, -0.15) is 5.26 Å². The monoisotopic (exact) mass is 457 g/mol. The molecule has 0 bridgehead atoms. The van der Waals surface area contributed by atoms with E-state index in [4.69, 9.17) is 10.5 Å². The highest BCUT2D eigenvalue weighted by molar-refractivity contribution is 6.21. The van der Waals surface area contributed by atoms with Crippen molar-refractivity contribution in [3.8, 4) is 6.07 Å². The third-order valence-corrected chi connectivity index (χ3v) is 8.87. The molecular weight excluding hydrogens is 426 g/mol. The molecule has 3 aliphatic heterocycles. The van der Waals surface area contributed by atoms with Gasteiger partial charge in [-0.05, 0) is 36.2 Å². The summed E-state index contributed by atoms with van der Waals surface area (Å²) in [6, 6.07) is 8.20. The minimum atomic E-state index is -1.51. The van der Waals surface area contributed by atoms with Gasteiger partial charge in [-0.1, -0.05) is 58.2 Å². The van der Waals surface area contributed by atoms with E-state index in [0.717, 1.165) is 48.9 Å². The summed E-state index contributed by atoms with van der Waals surface area (Å²) in [5.74, 6) is 0.376. The maximum Gasteiger partial charge on any atom is 0.248 e. The van der Waals surface area contributed by atoms with Crippen LogP contribution in [0.2, 0.25) is 0 Å². The minimum absolute atomic E-state index is 0.0525. The SMILES string of the molecule is C[C@H]1CC2(CCCCC2)N2C(=O)[C@]3(C(C#N)=C(N)OC4=C3C(=O)CC(C)(C)C4)c3cccc1c32. The lowest BCUT2D eigenvalue weighted by atomic mass is 9.62. The fraction of sp³-hybridized carbons (Fsp3) is 0.536. The van der Waals surface area contributed by atoms with Crippen LogP contribution in [0.25, 0.3) is 0 Å². The van der Waals surface area contributed by atoms with Gasteiger partial charge in [0.15, 0.2) is 5.78 Å². The van der Waals surface area contributed by atoms with Gasteiger partial charge in [0.2, 0.25) is 11.8 Å². The molecule has 2 spiro atoms. The molecule has 5 aliphatic rings. The normalized spacial score (nSPS) is 30.9. The van der Waals surface area contributed by atoms with Crippen LogP contribution in [0.15, 0.2) is 41.0 Å². The van der Waals surface area contributed by atoms with Gasteiger partial charge < -0.3 is 15.4 Å². The topological polar surface area (TPSA) is 96.4 Å². The van der Waals surface area contributed by atoms with Crippen LogP contribution in [-0.2, 0) is 19.7 Å². The number of allylic oxidation sites excluding steroid dienone is 1. The van der Waals surface area contributed by atoms with Crippen molar-refractivity contribution in [1.29, 1.82) is 5.26 Å². The van der Waals surface area contributed by atoms with Crippen molar-refractivity contribution in [2.45, 2.75) is 89.0 Å². The van der Waals surface area contributed by atoms with Crippen molar-refractivity contribution >= 4 is 17.4 Å². The van der Waals surface area contributed by atoms with Gasteiger partial charge in [-0.15, -0.1) is 0 Å². The third-order valence-electron chi connectivity index (χ3n) is 8.87. The average molecular weight is 458 g/mol. The van der Waals surface area contributed by atoms with E-state index in [1.165, 1.54) is 6.42 Å². The van der Waals surface area contributed by atoms with E-state index in [9.17, 15) is 14.9 Å². The smallest absolute Gasteiger partial charge is 0.248 e. The van der Waals surface area contributed by atoms with Crippen LogP contribution in [0.4, 0.5) is 5.69 Å². The highest BCUT2D eigenvalue weighted by atomic mass is 16.5. The number of anilines is 1. The molecule has 6 rings (SSSR count). The average Bonchev–Trinajstić information content (AvgIpc) is 3.02. The summed E-state index contributed by atoms with van der Waals surface area (Å²) in [5, 5.41) is 10.3. The number of benzene rings is 1. The zero-order valence-electron chi connectivity index (χ0n) is 20.2. The number of ether oxygens (including phenoxy) is 1. The van der Waals surface area contributed by atoms with Crippen molar-refractivity contribution in [2.24, 2.45) is 11.1 Å². The summed E-state index contributed by atoms with van der Waals surface area (Å²) in [6.07, 6.45) is 6.91. The Kier molecular flexibility index (Phi) is 4.26. The molecule has 1 fully saturated rings. The van der Waals surface area contributed by atoms with Gasteiger partial charge in [0.05, 0.1) is 11.3 Å². The number of amides is 1. The Hall–Kier alpha value is -3.07. The van der Waals surface area contributed by atoms with Crippen molar-refractivity contribution in [1.82, 2.24) is 0 Å². The summed E-state index contributed by atoms with van der Waals surface area (Å²) in [6.45, 7) is 6.27. The van der Waals surface area contributed by atoms with Crippen LogP contribution in [-0.4, -0.2) is 17.2 Å². The molecule has 0 aromatic heterocycles. The quantitative estimate of drug-likeness (QED) is 0.601. The molecule has 2 aliphatic carbocycles. The van der Waals surface area contributed by atoms with Crippen LogP contribution in [0, 0.1) is 16.7 Å². The number of carbonyl (C=O) groups is 2. The number of nitrogens with two attached hydrogens (primary N) is 1. The van der Waals surface area contributed by atoms with Gasteiger partial charge >= 0.3 is 0 Å². The van der Waals surface area contributed by atoms with Crippen LogP contribution in [0.5, 0.6) is 0 Å². The first-order valence-electron chi connectivity index (χ1n) is 12.5. The molecule has 34 heavy (non-hydrogen) atoms. The summed E-state index contributed by atoms with van der Waals surface area (Å²) >= 11 is 0. The predicted molar refractivity (Wildman–Crippen MR) is 127 cm³/mol. The van der Waals surface area contributed by atoms with E-state index in [1.54, 1.807) is 0 Å². The summed E-state index contributed by atoms with van der Waals surface area (Å²) in [4.78, 5) is 30.6. The Labute approximate surface area is 200 Å². The Morgan fingerprint density at radius 1 is 1.15 bits per heavy atom. The Bertz CT molecular complexity index is 1260. The van der Waals surface area contributed by atoms with Gasteiger partial charge in [0.1, 0.15) is 22.8 Å². The fourth-order valence-electron chi connectivity index (χ4n) is 7.64. The lowest BCUT2D eigenvalue weighted by Gasteiger charge is -2.51. The zero-order valence-corrected chi connectivity index (χ0v) is 20.2. The highest BCUT2D eigenvalue weighted by Crippen LogP contribution is 2.63. The zero-order chi connectivity index (χ0) is 24.0. The fourth-order valence-corrected chi connectivity index (χ4v) is 7.64. The van der Waals surface area contributed by atoms with Gasteiger partial charge in [0, 0.05) is 23.9 Å². The molecule has 1 amide bonds. The Morgan fingerprint density at radius 2 is 1.88 bits per heavy atom. The first kappa shape index (κ1) is 21.5. The van der Waals surface area contributed by atoms with E-state index in [-0.39, 0.29) is 40.0 Å². The Morgan fingerprint density at radius 3 is 2.59 bits per heavy atom. The number of nitrogens with zero attached hydrogens (tertiary/aromatic N) is 2. The number of nitriles is 1. The molecule has 3 heterocycles. The molecule has 6 heteroatoms. The van der Waals surface area contributed by atoms with Crippen LogP contribution in [0.3, 0.4) is 0 Å². The molecule has 176 valence electrons. The second-order valence-electron chi connectivity index (χ2n) is 11.7. The second-order valence-corrected chi connectivity index (χ2v) is 11.7. The molecule has 1 saturated carbocycles. The largest absolute Gasteiger partial charge is 0.444 e. The summed E-state index contributed by atoms with van der Waals surface area (Å²) < 4.78 is 5.95. The third kappa shape index (κ3) is 2.45. The number of rotatable bonds is 0.